The minimum atomic E-state index is -0.274. The molecule has 1 fully saturated rings. The van der Waals surface area contributed by atoms with Crippen LogP contribution in [0.15, 0.2) is 36.4 Å². The van der Waals surface area contributed by atoms with E-state index in [1.54, 1.807) is 4.68 Å². The number of hydrogen-bond donors (Lipinski definition) is 1. The number of nitrogens with zero attached hydrogens (tertiary/aromatic N) is 3. The van der Waals surface area contributed by atoms with Crippen LogP contribution in [0.5, 0.6) is 5.75 Å². The maximum absolute atomic E-state index is 12.7. The van der Waals surface area contributed by atoms with Crippen LogP contribution in [-0.4, -0.2) is 44.4 Å². The molecule has 1 aromatic heterocycles. The molecule has 2 aromatic rings. The van der Waals surface area contributed by atoms with Gasteiger partial charge in [0.05, 0.1) is 12.6 Å². The molecule has 0 radical (unpaired) electrons. The minimum absolute atomic E-state index is 0.0128. The number of aliphatic hydroxyl groups excluding tert-OH is 1. The Morgan fingerprint density at radius 2 is 2.04 bits per heavy atom. The normalized spacial score (nSPS) is 23.4. The van der Waals surface area contributed by atoms with E-state index in [-0.39, 0.29) is 18.1 Å². The molecule has 2 heterocycles. The fraction of sp³-hybridized carbons (Fsp3) is 0.444. The van der Waals surface area contributed by atoms with Gasteiger partial charge < -0.3 is 14.7 Å². The number of carbonyl (C=O) groups excluding carboxylic acids is 1. The van der Waals surface area contributed by atoms with Crippen LogP contribution >= 0.6 is 0 Å². The molecule has 1 amide bonds. The monoisotopic (exact) mass is 327 g/mol. The number of fused-ring (bicyclic) bond motifs is 1. The lowest BCUT2D eigenvalue weighted by molar-refractivity contribution is 0.0597. The Kier molecular flexibility index (Phi) is 3.98. The van der Waals surface area contributed by atoms with E-state index in [2.05, 4.69) is 5.10 Å². The molecule has 6 nitrogen and oxygen atoms in total. The summed E-state index contributed by atoms with van der Waals surface area (Å²) in [6.45, 7) is 1.70. The van der Waals surface area contributed by atoms with Gasteiger partial charge in [0.2, 0.25) is 0 Å². The summed E-state index contributed by atoms with van der Waals surface area (Å²) in [5.41, 5.74) is 1.38. The Morgan fingerprint density at radius 3 is 2.79 bits per heavy atom. The molecule has 0 bridgehead atoms. The predicted molar refractivity (Wildman–Crippen MR) is 87.7 cm³/mol. The number of rotatable bonds is 4. The van der Waals surface area contributed by atoms with Crippen LogP contribution in [0.25, 0.3) is 0 Å². The highest BCUT2D eigenvalue weighted by Gasteiger charge is 2.35. The number of benzene rings is 1. The van der Waals surface area contributed by atoms with Gasteiger partial charge in [-0.1, -0.05) is 18.2 Å². The lowest BCUT2D eigenvalue weighted by Gasteiger charge is -2.32. The number of aliphatic hydroxyl groups is 1. The molecule has 2 unspecified atom stereocenters. The lowest BCUT2D eigenvalue weighted by atomic mass is 10.1. The highest BCUT2D eigenvalue weighted by atomic mass is 16.5. The SMILES string of the molecule is O=C1c2cc(COc3ccccc3)nn2CCN1C1CCC(O)C1. The summed E-state index contributed by atoms with van der Waals surface area (Å²) in [5, 5.41) is 14.2. The molecular formula is C18H21N3O3. The van der Waals surface area contributed by atoms with Gasteiger partial charge in [0.25, 0.3) is 5.91 Å². The predicted octanol–water partition coefficient (Wildman–Crippen LogP) is 1.83. The first-order valence-electron chi connectivity index (χ1n) is 8.44. The lowest BCUT2D eigenvalue weighted by Crippen LogP contribution is -2.45. The van der Waals surface area contributed by atoms with Crippen molar-refractivity contribution in [3.05, 3.63) is 47.8 Å². The maximum Gasteiger partial charge on any atom is 0.272 e. The van der Waals surface area contributed by atoms with Crippen molar-refractivity contribution in [1.29, 1.82) is 0 Å². The summed E-state index contributed by atoms with van der Waals surface area (Å²) in [7, 11) is 0. The fourth-order valence-corrected chi connectivity index (χ4v) is 3.57. The van der Waals surface area contributed by atoms with E-state index >= 15 is 0 Å². The van der Waals surface area contributed by atoms with E-state index in [0.717, 1.165) is 24.3 Å². The number of para-hydroxylation sites is 1. The molecule has 1 aliphatic heterocycles. The number of ether oxygens (including phenoxy) is 1. The van der Waals surface area contributed by atoms with Crippen LogP contribution in [0.1, 0.15) is 35.4 Å². The van der Waals surface area contributed by atoms with E-state index in [1.165, 1.54) is 0 Å². The molecule has 1 N–H and O–H groups in total. The number of carbonyl (C=O) groups is 1. The molecule has 126 valence electrons. The van der Waals surface area contributed by atoms with E-state index in [1.807, 2.05) is 41.3 Å². The first kappa shape index (κ1) is 15.2. The third-order valence-electron chi connectivity index (χ3n) is 4.81. The molecule has 2 atom stereocenters. The molecule has 1 aliphatic carbocycles. The Labute approximate surface area is 140 Å². The zero-order valence-corrected chi connectivity index (χ0v) is 13.5. The zero-order valence-electron chi connectivity index (χ0n) is 13.5. The largest absolute Gasteiger partial charge is 0.487 e. The van der Waals surface area contributed by atoms with Gasteiger partial charge in [-0.25, -0.2) is 0 Å². The van der Waals surface area contributed by atoms with Crippen LogP contribution in [0.4, 0.5) is 0 Å². The van der Waals surface area contributed by atoms with Gasteiger partial charge in [-0.3, -0.25) is 9.48 Å². The van der Waals surface area contributed by atoms with Gasteiger partial charge in [-0.05, 0) is 37.5 Å². The first-order valence-corrected chi connectivity index (χ1v) is 8.44. The van der Waals surface area contributed by atoms with Gasteiger partial charge in [-0.2, -0.15) is 5.10 Å². The molecule has 1 saturated carbocycles. The summed E-state index contributed by atoms with van der Waals surface area (Å²) in [6.07, 6.45) is 2.07. The molecule has 1 aromatic carbocycles. The van der Waals surface area contributed by atoms with Crippen LogP contribution in [-0.2, 0) is 13.2 Å². The van der Waals surface area contributed by atoms with Gasteiger partial charge in [0, 0.05) is 12.6 Å². The Bertz CT molecular complexity index is 728. The van der Waals surface area contributed by atoms with Crippen LogP contribution in [0, 0.1) is 0 Å². The molecule has 24 heavy (non-hydrogen) atoms. The van der Waals surface area contributed by atoms with Crippen molar-refractivity contribution in [1.82, 2.24) is 14.7 Å². The summed E-state index contributed by atoms with van der Waals surface area (Å²) in [5.74, 6) is 0.801. The number of aromatic nitrogens is 2. The standard InChI is InChI=1S/C18H21N3O3/c22-15-7-6-14(11-15)20-8-9-21-17(18(20)23)10-13(19-21)12-24-16-4-2-1-3-5-16/h1-5,10,14-15,22H,6-9,11-12H2. The summed E-state index contributed by atoms with van der Waals surface area (Å²) in [4.78, 5) is 14.6. The number of hydrogen-bond acceptors (Lipinski definition) is 4. The third kappa shape index (κ3) is 2.89. The molecule has 4 rings (SSSR count). The molecule has 2 aliphatic rings. The molecule has 6 heteroatoms. The highest BCUT2D eigenvalue weighted by molar-refractivity contribution is 5.93. The first-order chi connectivity index (χ1) is 11.7. The average Bonchev–Trinajstić information content (AvgIpc) is 3.21. The van der Waals surface area contributed by atoms with Crippen molar-refractivity contribution in [2.45, 2.75) is 44.6 Å². The second-order valence-electron chi connectivity index (χ2n) is 6.47. The maximum atomic E-state index is 12.7. The Balaban J connectivity index is 1.46. The van der Waals surface area contributed by atoms with E-state index < -0.39 is 0 Å². The summed E-state index contributed by atoms with van der Waals surface area (Å²) >= 11 is 0. The fourth-order valence-electron chi connectivity index (χ4n) is 3.57. The minimum Gasteiger partial charge on any atom is -0.487 e. The third-order valence-corrected chi connectivity index (χ3v) is 4.81. The van der Waals surface area contributed by atoms with Gasteiger partial charge in [0.15, 0.2) is 0 Å². The molecule has 0 saturated heterocycles. The zero-order chi connectivity index (χ0) is 16.5. The summed E-state index contributed by atoms with van der Waals surface area (Å²) < 4.78 is 7.48. The second kappa shape index (κ2) is 6.28. The van der Waals surface area contributed by atoms with E-state index in [9.17, 15) is 9.90 Å². The van der Waals surface area contributed by atoms with E-state index in [0.29, 0.717) is 31.8 Å². The molecule has 0 spiro atoms. The van der Waals surface area contributed by atoms with Gasteiger partial charge in [0.1, 0.15) is 23.7 Å². The van der Waals surface area contributed by atoms with Crippen molar-refractivity contribution in [3.8, 4) is 5.75 Å². The van der Waals surface area contributed by atoms with Crippen molar-refractivity contribution in [2.75, 3.05) is 6.54 Å². The number of amides is 1. The molecular weight excluding hydrogens is 306 g/mol. The van der Waals surface area contributed by atoms with Crippen molar-refractivity contribution in [3.63, 3.8) is 0 Å². The highest BCUT2D eigenvalue weighted by Crippen LogP contribution is 2.27. The van der Waals surface area contributed by atoms with Gasteiger partial charge in [-0.15, -0.1) is 0 Å². The summed E-state index contributed by atoms with van der Waals surface area (Å²) in [6, 6.07) is 11.6. The van der Waals surface area contributed by atoms with Crippen molar-refractivity contribution in [2.24, 2.45) is 0 Å². The van der Waals surface area contributed by atoms with Gasteiger partial charge >= 0.3 is 0 Å². The average molecular weight is 327 g/mol. The van der Waals surface area contributed by atoms with E-state index in [4.69, 9.17) is 4.74 Å². The van der Waals surface area contributed by atoms with Crippen molar-refractivity contribution >= 4 is 5.91 Å². The van der Waals surface area contributed by atoms with Crippen molar-refractivity contribution < 1.29 is 14.6 Å². The second-order valence-corrected chi connectivity index (χ2v) is 6.47. The van der Waals surface area contributed by atoms with Crippen LogP contribution in [0.2, 0.25) is 0 Å². The van der Waals surface area contributed by atoms with Crippen LogP contribution in [0.3, 0.4) is 0 Å². The van der Waals surface area contributed by atoms with Crippen LogP contribution < -0.4 is 4.74 Å². The smallest absolute Gasteiger partial charge is 0.272 e. The quantitative estimate of drug-likeness (QED) is 0.930. The Hall–Kier alpha value is -2.34. The Morgan fingerprint density at radius 1 is 1.21 bits per heavy atom. The topological polar surface area (TPSA) is 67.6 Å².